The fourth-order valence-electron chi connectivity index (χ4n) is 3.25. The van der Waals surface area contributed by atoms with Gasteiger partial charge in [0.1, 0.15) is 0 Å². The lowest BCUT2D eigenvalue weighted by Crippen LogP contribution is -2.35. The number of piperidine rings is 1. The summed E-state index contributed by atoms with van der Waals surface area (Å²) in [4.78, 5) is 4.52. The summed E-state index contributed by atoms with van der Waals surface area (Å²) in [5, 5.41) is 8.07. The van der Waals surface area contributed by atoms with Crippen molar-refractivity contribution in [1.82, 2.24) is 10.3 Å². The van der Waals surface area contributed by atoms with Crippen LogP contribution in [0, 0.1) is 0 Å². The third kappa shape index (κ3) is 5.46. The second-order valence-electron chi connectivity index (χ2n) is 5.92. The Bertz CT molecular complexity index is 664. The first kappa shape index (κ1) is 22.5. The number of fused-ring (bicyclic) bond motifs is 1. The van der Waals surface area contributed by atoms with E-state index in [4.69, 9.17) is 9.47 Å². The number of nitrogens with zero attached hydrogens (tertiary/aromatic N) is 1. The van der Waals surface area contributed by atoms with Gasteiger partial charge >= 0.3 is 0 Å². The van der Waals surface area contributed by atoms with Crippen LogP contribution in [0.1, 0.15) is 25.7 Å². The van der Waals surface area contributed by atoms with Crippen molar-refractivity contribution in [1.29, 1.82) is 0 Å². The van der Waals surface area contributed by atoms with E-state index in [1.54, 1.807) is 14.2 Å². The maximum atomic E-state index is 5.50. The second kappa shape index (κ2) is 11.2. The smallest absolute Gasteiger partial charge is 0.170 e. The predicted octanol–water partition coefficient (Wildman–Crippen LogP) is 4.43. The average Bonchev–Trinajstić information content (AvgIpc) is 2.62. The van der Waals surface area contributed by atoms with Gasteiger partial charge in [0, 0.05) is 30.2 Å². The summed E-state index contributed by atoms with van der Waals surface area (Å²) in [5.41, 5.74) is 1.91. The molecule has 0 saturated carbocycles. The molecular weight excluding hydrogens is 544 g/mol. The van der Waals surface area contributed by atoms with Crippen LogP contribution in [0.15, 0.2) is 24.4 Å². The van der Waals surface area contributed by atoms with Crippen LogP contribution in [0.25, 0.3) is 10.9 Å². The number of pyridine rings is 1. The third-order valence-electron chi connectivity index (χ3n) is 4.45. The molecule has 1 aliphatic rings. The van der Waals surface area contributed by atoms with E-state index in [0.717, 1.165) is 47.6 Å². The molecule has 140 valence electrons. The van der Waals surface area contributed by atoms with E-state index in [-0.39, 0.29) is 48.0 Å². The van der Waals surface area contributed by atoms with E-state index in [0.29, 0.717) is 6.04 Å². The molecule has 2 N–H and O–H groups in total. The Labute approximate surface area is 183 Å². The van der Waals surface area contributed by atoms with Gasteiger partial charge in [-0.2, -0.15) is 0 Å². The molecular formula is C18H27I2N3O2. The predicted molar refractivity (Wildman–Crippen MR) is 124 cm³/mol. The lowest BCUT2D eigenvalue weighted by molar-refractivity contribution is 0.358. The molecule has 0 spiro atoms. The van der Waals surface area contributed by atoms with Crippen LogP contribution in [-0.2, 0) is 0 Å². The molecule has 1 atom stereocenters. The van der Waals surface area contributed by atoms with Gasteiger partial charge < -0.3 is 20.1 Å². The molecule has 2 heterocycles. The fraction of sp³-hybridized carbons (Fsp3) is 0.500. The van der Waals surface area contributed by atoms with Crippen molar-refractivity contribution in [2.75, 3.05) is 32.6 Å². The molecule has 1 saturated heterocycles. The summed E-state index contributed by atoms with van der Waals surface area (Å²) in [6.45, 7) is 2.06. The Hall–Kier alpha value is -0.550. The quantitative estimate of drug-likeness (QED) is 0.503. The maximum Gasteiger partial charge on any atom is 0.170 e. The fourth-order valence-corrected chi connectivity index (χ4v) is 3.25. The zero-order chi connectivity index (χ0) is 16.1. The van der Waals surface area contributed by atoms with E-state index >= 15 is 0 Å². The molecule has 1 aromatic heterocycles. The maximum absolute atomic E-state index is 5.50. The average molecular weight is 571 g/mol. The first-order chi connectivity index (χ1) is 11.3. The Morgan fingerprint density at radius 1 is 1.24 bits per heavy atom. The van der Waals surface area contributed by atoms with E-state index in [9.17, 15) is 0 Å². The van der Waals surface area contributed by atoms with Crippen LogP contribution in [0.3, 0.4) is 0 Å². The summed E-state index contributed by atoms with van der Waals surface area (Å²) in [6.07, 6.45) is 6.82. The second-order valence-corrected chi connectivity index (χ2v) is 5.92. The molecule has 3 rings (SSSR count). The lowest BCUT2D eigenvalue weighted by Gasteiger charge is -2.23. The first-order valence-corrected chi connectivity index (χ1v) is 8.30. The van der Waals surface area contributed by atoms with Gasteiger partial charge in [0.2, 0.25) is 0 Å². The highest BCUT2D eigenvalue weighted by Crippen LogP contribution is 2.39. The van der Waals surface area contributed by atoms with Crippen molar-refractivity contribution >= 4 is 64.5 Å². The molecule has 7 heteroatoms. The van der Waals surface area contributed by atoms with Crippen molar-refractivity contribution < 1.29 is 9.47 Å². The molecule has 1 aliphatic heterocycles. The van der Waals surface area contributed by atoms with Crippen LogP contribution in [0.2, 0.25) is 0 Å². The minimum absolute atomic E-state index is 0. The molecule has 1 unspecified atom stereocenters. The number of hydrogen-bond donors (Lipinski definition) is 2. The minimum Gasteiger partial charge on any atom is -0.493 e. The Kier molecular flexibility index (Phi) is 10.1. The van der Waals surface area contributed by atoms with Crippen LogP contribution in [-0.4, -0.2) is 38.3 Å². The normalized spacial score (nSPS) is 16.5. The number of ether oxygens (including phenoxy) is 2. The Balaban J connectivity index is 0.00000156. The molecule has 5 nitrogen and oxygen atoms in total. The number of aromatic nitrogens is 1. The van der Waals surface area contributed by atoms with Crippen molar-refractivity contribution in [3.05, 3.63) is 24.4 Å². The van der Waals surface area contributed by atoms with Crippen molar-refractivity contribution in [2.24, 2.45) is 0 Å². The van der Waals surface area contributed by atoms with Gasteiger partial charge in [0.25, 0.3) is 0 Å². The van der Waals surface area contributed by atoms with Crippen LogP contribution >= 0.6 is 48.0 Å². The van der Waals surface area contributed by atoms with Gasteiger partial charge in [-0.3, -0.25) is 4.98 Å². The van der Waals surface area contributed by atoms with Gasteiger partial charge in [0.05, 0.1) is 25.4 Å². The van der Waals surface area contributed by atoms with E-state index in [1.165, 1.54) is 19.3 Å². The van der Waals surface area contributed by atoms with E-state index in [1.807, 2.05) is 24.4 Å². The topological polar surface area (TPSA) is 55.4 Å². The summed E-state index contributed by atoms with van der Waals surface area (Å²) < 4.78 is 11.0. The lowest BCUT2D eigenvalue weighted by atomic mass is 10.0. The molecule has 0 amide bonds. The third-order valence-corrected chi connectivity index (χ3v) is 4.45. The zero-order valence-electron chi connectivity index (χ0n) is 14.7. The van der Waals surface area contributed by atoms with E-state index < -0.39 is 0 Å². The SMILES string of the molecule is COc1cc(NCCC2CCCCN2)c2ncccc2c1OC.I.I. The van der Waals surface area contributed by atoms with Gasteiger partial charge in [-0.25, -0.2) is 0 Å². The molecule has 1 fully saturated rings. The number of hydrogen-bond acceptors (Lipinski definition) is 5. The van der Waals surface area contributed by atoms with Crippen molar-refractivity contribution in [3.8, 4) is 11.5 Å². The first-order valence-electron chi connectivity index (χ1n) is 8.30. The molecule has 0 bridgehead atoms. The largest absolute Gasteiger partial charge is 0.493 e. The number of halogens is 2. The highest BCUT2D eigenvalue weighted by atomic mass is 127. The van der Waals surface area contributed by atoms with Gasteiger partial charge in [0.15, 0.2) is 11.5 Å². The van der Waals surface area contributed by atoms with Crippen molar-refractivity contribution in [3.63, 3.8) is 0 Å². The van der Waals surface area contributed by atoms with Crippen LogP contribution in [0.4, 0.5) is 5.69 Å². The molecule has 2 aromatic rings. The van der Waals surface area contributed by atoms with Crippen LogP contribution in [0.5, 0.6) is 11.5 Å². The molecule has 1 aromatic carbocycles. The Morgan fingerprint density at radius 3 is 2.76 bits per heavy atom. The number of rotatable bonds is 6. The summed E-state index contributed by atoms with van der Waals surface area (Å²) in [7, 11) is 3.32. The Morgan fingerprint density at radius 2 is 2.08 bits per heavy atom. The molecule has 0 aliphatic carbocycles. The monoisotopic (exact) mass is 571 g/mol. The molecule has 25 heavy (non-hydrogen) atoms. The number of benzene rings is 1. The molecule has 0 radical (unpaired) electrons. The number of nitrogens with one attached hydrogen (secondary N) is 2. The highest BCUT2D eigenvalue weighted by Gasteiger charge is 2.15. The number of methoxy groups -OCH3 is 2. The van der Waals surface area contributed by atoms with Gasteiger partial charge in [-0.05, 0) is 37.9 Å². The van der Waals surface area contributed by atoms with Gasteiger partial charge in [-0.1, -0.05) is 6.42 Å². The minimum atomic E-state index is 0. The van der Waals surface area contributed by atoms with Gasteiger partial charge in [-0.15, -0.1) is 48.0 Å². The number of anilines is 1. The van der Waals surface area contributed by atoms with Crippen LogP contribution < -0.4 is 20.1 Å². The highest BCUT2D eigenvalue weighted by molar-refractivity contribution is 14.0. The summed E-state index contributed by atoms with van der Waals surface area (Å²) in [5.74, 6) is 1.46. The standard InChI is InChI=1S/C18H25N3O2.2HI/c1-22-16-12-15(20-11-8-13-6-3-4-9-19-13)17-14(18(16)23-2)7-5-10-21-17;;/h5,7,10,12-13,19-20H,3-4,6,8-9,11H2,1-2H3;2*1H. The van der Waals surface area contributed by atoms with Crippen molar-refractivity contribution in [2.45, 2.75) is 31.7 Å². The zero-order valence-corrected chi connectivity index (χ0v) is 19.4. The van der Waals surface area contributed by atoms with E-state index in [2.05, 4.69) is 15.6 Å². The summed E-state index contributed by atoms with van der Waals surface area (Å²) in [6, 6.07) is 6.52. The summed E-state index contributed by atoms with van der Waals surface area (Å²) >= 11 is 0.